The molecule has 6 nitrogen and oxygen atoms in total. The zero-order valence-electron chi connectivity index (χ0n) is 14.1. The zero-order chi connectivity index (χ0) is 17.5. The molecule has 0 unspecified atom stereocenters. The van der Waals surface area contributed by atoms with E-state index in [0.717, 1.165) is 0 Å². The van der Waals surface area contributed by atoms with E-state index in [-0.39, 0.29) is 30.6 Å². The summed E-state index contributed by atoms with van der Waals surface area (Å²) in [5.74, 6) is -0.710. The highest BCUT2D eigenvalue weighted by Crippen LogP contribution is 2.29. The van der Waals surface area contributed by atoms with Crippen molar-refractivity contribution >= 4 is 11.9 Å². The molecule has 0 saturated carbocycles. The number of nitrogens with zero attached hydrogens (tertiary/aromatic N) is 2. The molecule has 7 heteroatoms. The fraction of sp³-hybridized carbons (Fsp3) is 0.529. The van der Waals surface area contributed by atoms with Gasteiger partial charge in [-0.25, -0.2) is 14.1 Å². The molecular formula is C17H22FN3O3. The van der Waals surface area contributed by atoms with E-state index in [4.69, 9.17) is 4.74 Å². The van der Waals surface area contributed by atoms with E-state index >= 15 is 0 Å². The molecule has 2 fully saturated rings. The van der Waals surface area contributed by atoms with E-state index < -0.39 is 11.6 Å². The van der Waals surface area contributed by atoms with Gasteiger partial charge in [-0.2, -0.15) is 0 Å². The van der Waals surface area contributed by atoms with E-state index in [0.29, 0.717) is 18.7 Å². The Balaban J connectivity index is 1.77. The van der Waals surface area contributed by atoms with Crippen molar-refractivity contribution in [2.75, 3.05) is 19.8 Å². The summed E-state index contributed by atoms with van der Waals surface area (Å²) in [6.07, 6.45) is 0.107. The molecule has 0 radical (unpaired) electrons. The quantitative estimate of drug-likeness (QED) is 0.854. The van der Waals surface area contributed by atoms with Gasteiger partial charge in [0.25, 0.3) is 5.91 Å². The van der Waals surface area contributed by atoms with Gasteiger partial charge in [-0.3, -0.25) is 9.69 Å². The summed E-state index contributed by atoms with van der Waals surface area (Å²) in [6, 6.07) is 5.19. The average molecular weight is 335 g/mol. The molecule has 130 valence electrons. The summed E-state index contributed by atoms with van der Waals surface area (Å²) < 4.78 is 18.8. The zero-order valence-corrected chi connectivity index (χ0v) is 14.1. The Bertz CT molecular complexity index is 641. The maximum atomic E-state index is 13.1. The van der Waals surface area contributed by atoms with Crippen LogP contribution < -0.4 is 5.32 Å². The van der Waals surface area contributed by atoms with Crippen LogP contribution in [-0.2, 0) is 15.1 Å². The van der Waals surface area contributed by atoms with Gasteiger partial charge in [0.1, 0.15) is 11.4 Å². The third-order valence-electron chi connectivity index (χ3n) is 4.53. The molecule has 0 aliphatic carbocycles. The minimum Gasteiger partial charge on any atom is -0.373 e. The van der Waals surface area contributed by atoms with Gasteiger partial charge in [0.15, 0.2) is 0 Å². The smallest absolute Gasteiger partial charge is 0.326 e. The maximum Gasteiger partial charge on any atom is 0.326 e. The normalized spacial score (nSPS) is 31.4. The standard InChI is InChI=1S/C17H22FN3O3/c1-11-8-20(9-12(2)24-11)10-21-15(22)17(3,19-16(21)23)13-4-6-14(18)7-5-13/h4-7,11-12H,8-10H2,1-3H3,(H,19,23)/t11-,12+,17-/m0/s1. The molecule has 1 N–H and O–H groups in total. The topological polar surface area (TPSA) is 61.9 Å². The second-order valence-corrected chi connectivity index (χ2v) is 6.73. The lowest BCUT2D eigenvalue weighted by atomic mass is 9.92. The molecular weight excluding hydrogens is 313 g/mol. The first-order valence-corrected chi connectivity index (χ1v) is 8.07. The lowest BCUT2D eigenvalue weighted by Crippen LogP contribution is -2.51. The molecule has 0 spiro atoms. The van der Waals surface area contributed by atoms with Gasteiger partial charge in [0.05, 0.1) is 18.9 Å². The Kier molecular flexibility index (Phi) is 4.31. The third kappa shape index (κ3) is 3.01. The highest BCUT2D eigenvalue weighted by Gasteiger charge is 2.49. The highest BCUT2D eigenvalue weighted by atomic mass is 19.1. The number of nitrogens with one attached hydrogen (secondary N) is 1. The van der Waals surface area contributed by atoms with Crippen molar-refractivity contribution in [2.24, 2.45) is 0 Å². The van der Waals surface area contributed by atoms with Crippen LogP contribution >= 0.6 is 0 Å². The number of hydrogen-bond acceptors (Lipinski definition) is 4. The Morgan fingerprint density at radius 3 is 2.38 bits per heavy atom. The maximum absolute atomic E-state index is 13.1. The summed E-state index contributed by atoms with van der Waals surface area (Å²) in [5.41, 5.74) is -0.609. The number of imide groups is 1. The Morgan fingerprint density at radius 2 is 1.79 bits per heavy atom. The van der Waals surface area contributed by atoms with Crippen LogP contribution in [0.15, 0.2) is 24.3 Å². The first-order chi connectivity index (χ1) is 11.3. The van der Waals surface area contributed by atoms with E-state index in [1.54, 1.807) is 6.92 Å². The Labute approximate surface area is 140 Å². The fourth-order valence-corrected chi connectivity index (χ4v) is 3.40. The summed E-state index contributed by atoms with van der Waals surface area (Å²) >= 11 is 0. The van der Waals surface area contributed by atoms with Crippen molar-refractivity contribution in [1.82, 2.24) is 15.1 Å². The fourth-order valence-electron chi connectivity index (χ4n) is 3.40. The average Bonchev–Trinajstić information content (AvgIpc) is 2.71. The van der Waals surface area contributed by atoms with E-state index in [9.17, 15) is 14.0 Å². The molecule has 2 aliphatic heterocycles. The molecule has 24 heavy (non-hydrogen) atoms. The van der Waals surface area contributed by atoms with Crippen LogP contribution in [0.2, 0.25) is 0 Å². The van der Waals surface area contributed by atoms with Gasteiger partial charge in [0.2, 0.25) is 0 Å². The van der Waals surface area contributed by atoms with Gasteiger partial charge in [-0.1, -0.05) is 12.1 Å². The largest absolute Gasteiger partial charge is 0.373 e. The van der Waals surface area contributed by atoms with Gasteiger partial charge >= 0.3 is 6.03 Å². The van der Waals surface area contributed by atoms with E-state index in [1.165, 1.54) is 29.2 Å². The molecule has 2 saturated heterocycles. The molecule has 0 bridgehead atoms. The predicted octanol–water partition coefficient (Wildman–Crippen LogP) is 1.66. The summed E-state index contributed by atoms with van der Waals surface area (Å²) in [7, 11) is 0. The summed E-state index contributed by atoms with van der Waals surface area (Å²) in [6.45, 7) is 7.13. The van der Waals surface area contributed by atoms with Crippen molar-refractivity contribution in [1.29, 1.82) is 0 Å². The van der Waals surface area contributed by atoms with E-state index in [2.05, 4.69) is 5.32 Å². The van der Waals surface area contributed by atoms with Crippen LogP contribution in [-0.4, -0.2) is 53.7 Å². The minimum atomic E-state index is -1.17. The summed E-state index contributed by atoms with van der Waals surface area (Å²) in [5, 5.41) is 2.73. The van der Waals surface area contributed by atoms with Crippen LogP contribution in [0.3, 0.4) is 0 Å². The number of hydrogen-bond donors (Lipinski definition) is 1. The number of rotatable bonds is 3. The lowest BCUT2D eigenvalue weighted by Gasteiger charge is -2.36. The number of carbonyl (C=O) groups excluding carboxylic acids is 2. The Hall–Kier alpha value is -1.99. The van der Waals surface area contributed by atoms with E-state index in [1.807, 2.05) is 18.7 Å². The second-order valence-electron chi connectivity index (χ2n) is 6.73. The molecule has 1 aromatic carbocycles. The number of benzene rings is 1. The van der Waals surface area contributed by atoms with Gasteiger partial charge in [-0.05, 0) is 38.5 Å². The number of amides is 3. The van der Waals surface area contributed by atoms with Crippen LogP contribution in [0.4, 0.5) is 9.18 Å². The summed E-state index contributed by atoms with van der Waals surface area (Å²) in [4.78, 5) is 28.4. The van der Waals surface area contributed by atoms with Gasteiger partial charge < -0.3 is 10.1 Å². The van der Waals surface area contributed by atoms with Crippen LogP contribution in [0, 0.1) is 5.82 Å². The molecule has 2 heterocycles. The van der Waals surface area contributed by atoms with Crippen molar-refractivity contribution in [3.05, 3.63) is 35.6 Å². The SMILES string of the molecule is C[C@@H]1CN(CN2C(=O)N[C@@](C)(c3ccc(F)cc3)C2=O)C[C@H](C)O1. The lowest BCUT2D eigenvalue weighted by molar-refractivity contribution is -0.135. The molecule has 3 atom stereocenters. The molecule has 3 amide bonds. The number of carbonyl (C=O) groups is 2. The number of ether oxygens (including phenoxy) is 1. The van der Waals surface area contributed by atoms with Crippen molar-refractivity contribution in [3.8, 4) is 0 Å². The van der Waals surface area contributed by atoms with Crippen LogP contribution in [0.5, 0.6) is 0 Å². The highest BCUT2D eigenvalue weighted by molar-refractivity contribution is 6.07. The Morgan fingerprint density at radius 1 is 1.21 bits per heavy atom. The molecule has 1 aromatic rings. The number of halogens is 1. The second kappa shape index (κ2) is 6.14. The van der Waals surface area contributed by atoms with Gasteiger partial charge in [-0.15, -0.1) is 0 Å². The van der Waals surface area contributed by atoms with Crippen LogP contribution in [0.1, 0.15) is 26.3 Å². The molecule has 2 aliphatic rings. The van der Waals surface area contributed by atoms with Crippen molar-refractivity contribution in [2.45, 2.75) is 38.5 Å². The number of morpholine rings is 1. The predicted molar refractivity (Wildman–Crippen MR) is 85.6 cm³/mol. The van der Waals surface area contributed by atoms with Gasteiger partial charge in [0, 0.05) is 13.1 Å². The third-order valence-corrected chi connectivity index (χ3v) is 4.53. The minimum absolute atomic E-state index is 0.0537. The molecule has 3 rings (SSSR count). The van der Waals surface area contributed by atoms with Crippen molar-refractivity contribution < 1.29 is 18.7 Å². The first-order valence-electron chi connectivity index (χ1n) is 8.07. The molecule has 0 aromatic heterocycles. The van der Waals surface area contributed by atoms with Crippen LogP contribution in [0.25, 0.3) is 0 Å². The van der Waals surface area contributed by atoms with Crippen molar-refractivity contribution in [3.63, 3.8) is 0 Å². The first kappa shape index (κ1) is 16.9. The number of urea groups is 1. The monoisotopic (exact) mass is 335 g/mol.